The molecule has 5 rings (SSSR count). The number of fused-ring (bicyclic) bond motifs is 3. The summed E-state index contributed by atoms with van der Waals surface area (Å²) >= 11 is 13.7. The SMILES string of the molecule is COc1ccc(C2C3CSc4ccc(F)cc4C3=NN2C(=O)Nc2ccc(Cl)c(Cl)c2)cc1. The van der Waals surface area contributed by atoms with Gasteiger partial charge in [0.05, 0.1) is 28.9 Å². The predicted octanol–water partition coefficient (Wildman–Crippen LogP) is 6.86. The number of nitrogens with one attached hydrogen (secondary N) is 1. The van der Waals surface area contributed by atoms with Gasteiger partial charge in [0.25, 0.3) is 0 Å². The number of carbonyl (C=O) groups excluding carboxylic acids is 1. The number of hydrogen-bond acceptors (Lipinski definition) is 4. The zero-order valence-electron chi connectivity index (χ0n) is 17.4. The monoisotopic (exact) mass is 501 g/mol. The van der Waals surface area contributed by atoms with Crippen LogP contribution in [0.4, 0.5) is 14.9 Å². The Morgan fingerprint density at radius 2 is 1.91 bits per heavy atom. The van der Waals surface area contributed by atoms with E-state index in [0.29, 0.717) is 27.2 Å². The van der Waals surface area contributed by atoms with E-state index in [1.165, 1.54) is 17.1 Å². The molecule has 2 unspecified atom stereocenters. The van der Waals surface area contributed by atoms with Crippen molar-refractivity contribution in [1.29, 1.82) is 0 Å². The minimum Gasteiger partial charge on any atom is -0.497 e. The molecule has 2 atom stereocenters. The Hall–Kier alpha value is -2.74. The van der Waals surface area contributed by atoms with E-state index in [1.807, 2.05) is 24.3 Å². The molecule has 168 valence electrons. The van der Waals surface area contributed by atoms with Crippen molar-refractivity contribution >= 4 is 52.4 Å². The third-order valence-corrected chi connectivity index (χ3v) is 7.62. The van der Waals surface area contributed by atoms with Crippen molar-refractivity contribution in [3.05, 3.63) is 87.7 Å². The fraction of sp³-hybridized carbons (Fsp3) is 0.167. The van der Waals surface area contributed by atoms with Gasteiger partial charge in [0.2, 0.25) is 0 Å². The first-order chi connectivity index (χ1) is 15.9. The van der Waals surface area contributed by atoms with Crippen molar-refractivity contribution in [3.8, 4) is 5.75 Å². The van der Waals surface area contributed by atoms with E-state index in [4.69, 9.17) is 33.0 Å². The number of halogens is 3. The van der Waals surface area contributed by atoms with E-state index in [0.717, 1.165) is 21.8 Å². The number of hydrogen-bond donors (Lipinski definition) is 1. The van der Waals surface area contributed by atoms with Gasteiger partial charge in [0.15, 0.2) is 0 Å². The molecule has 33 heavy (non-hydrogen) atoms. The van der Waals surface area contributed by atoms with Crippen molar-refractivity contribution in [3.63, 3.8) is 0 Å². The summed E-state index contributed by atoms with van der Waals surface area (Å²) in [5.41, 5.74) is 2.83. The molecule has 2 aliphatic rings. The number of ether oxygens (including phenoxy) is 1. The van der Waals surface area contributed by atoms with Crippen LogP contribution in [0.15, 0.2) is 70.7 Å². The van der Waals surface area contributed by atoms with Crippen LogP contribution in [0, 0.1) is 11.7 Å². The van der Waals surface area contributed by atoms with Crippen LogP contribution in [0.1, 0.15) is 17.2 Å². The second kappa shape index (κ2) is 8.89. The van der Waals surface area contributed by atoms with Crippen molar-refractivity contribution in [2.45, 2.75) is 10.9 Å². The summed E-state index contributed by atoms with van der Waals surface area (Å²) in [5.74, 6) is 0.995. The number of anilines is 1. The zero-order valence-corrected chi connectivity index (χ0v) is 19.7. The number of amides is 2. The molecule has 0 saturated carbocycles. The summed E-state index contributed by atoms with van der Waals surface area (Å²) in [7, 11) is 1.60. The largest absolute Gasteiger partial charge is 0.497 e. The summed E-state index contributed by atoms with van der Waals surface area (Å²) in [5, 5.41) is 9.72. The highest BCUT2D eigenvalue weighted by Gasteiger charge is 2.44. The average Bonchev–Trinajstić information content (AvgIpc) is 3.22. The second-order valence-electron chi connectivity index (χ2n) is 7.66. The fourth-order valence-corrected chi connectivity index (χ4v) is 5.59. The van der Waals surface area contributed by atoms with Crippen molar-refractivity contribution < 1.29 is 13.9 Å². The number of rotatable bonds is 3. The molecule has 0 bridgehead atoms. The minimum atomic E-state index is -0.418. The molecule has 3 aromatic carbocycles. The van der Waals surface area contributed by atoms with E-state index in [1.54, 1.807) is 43.1 Å². The first-order valence-electron chi connectivity index (χ1n) is 10.1. The first kappa shape index (κ1) is 22.1. The maximum absolute atomic E-state index is 14.1. The van der Waals surface area contributed by atoms with Gasteiger partial charge in [-0.15, -0.1) is 11.8 Å². The fourth-order valence-electron chi connectivity index (χ4n) is 4.10. The molecule has 2 amide bonds. The van der Waals surface area contributed by atoms with Crippen molar-refractivity contribution in [1.82, 2.24) is 5.01 Å². The van der Waals surface area contributed by atoms with Crippen LogP contribution < -0.4 is 10.1 Å². The Balaban J connectivity index is 1.54. The van der Waals surface area contributed by atoms with Gasteiger partial charge in [-0.3, -0.25) is 0 Å². The molecule has 0 fully saturated rings. The molecule has 1 N–H and O–H groups in total. The van der Waals surface area contributed by atoms with Gasteiger partial charge in [-0.1, -0.05) is 35.3 Å². The number of benzene rings is 3. The smallest absolute Gasteiger partial charge is 0.342 e. The average molecular weight is 502 g/mol. The Kier molecular flexibility index (Phi) is 5.95. The summed E-state index contributed by atoms with van der Waals surface area (Å²) in [6.45, 7) is 0. The number of nitrogens with zero attached hydrogens (tertiary/aromatic N) is 2. The van der Waals surface area contributed by atoms with Gasteiger partial charge in [0.1, 0.15) is 11.6 Å². The highest BCUT2D eigenvalue weighted by atomic mass is 35.5. The number of thioether (sulfide) groups is 1. The van der Waals surface area contributed by atoms with Crippen LogP contribution in [0.3, 0.4) is 0 Å². The Labute approximate surface area is 204 Å². The van der Waals surface area contributed by atoms with Crippen molar-refractivity contribution in [2.75, 3.05) is 18.2 Å². The van der Waals surface area contributed by atoms with Gasteiger partial charge in [-0.25, -0.2) is 14.2 Å². The highest BCUT2D eigenvalue weighted by Crippen LogP contribution is 2.46. The molecular weight excluding hydrogens is 484 g/mol. The third-order valence-electron chi connectivity index (χ3n) is 5.68. The number of methoxy groups -OCH3 is 1. The van der Waals surface area contributed by atoms with Crippen LogP contribution >= 0.6 is 35.0 Å². The van der Waals surface area contributed by atoms with E-state index < -0.39 is 6.03 Å². The maximum Gasteiger partial charge on any atom is 0.342 e. The Morgan fingerprint density at radius 3 is 2.64 bits per heavy atom. The van der Waals surface area contributed by atoms with Gasteiger partial charge >= 0.3 is 6.03 Å². The molecule has 2 aliphatic heterocycles. The summed E-state index contributed by atoms with van der Waals surface area (Å²) in [6, 6.07) is 16.3. The lowest BCUT2D eigenvalue weighted by atomic mass is 9.88. The lowest BCUT2D eigenvalue weighted by Gasteiger charge is -2.29. The molecular formula is C24H18Cl2FN3O2S. The molecule has 0 radical (unpaired) electrons. The quantitative estimate of drug-likeness (QED) is 0.426. The Morgan fingerprint density at radius 1 is 1.12 bits per heavy atom. The van der Waals surface area contributed by atoms with Gasteiger partial charge in [0, 0.05) is 27.8 Å². The molecule has 2 heterocycles. The predicted molar refractivity (Wildman–Crippen MR) is 130 cm³/mol. The number of urea groups is 1. The third kappa shape index (κ3) is 4.16. The minimum absolute atomic E-state index is 0.0998. The van der Waals surface area contributed by atoms with Crippen LogP contribution in [-0.2, 0) is 0 Å². The van der Waals surface area contributed by atoms with Crippen LogP contribution in [0.2, 0.25) is 10.0 Å². The molecule has 0 saturated heterocycles. The lowest BCUT2D eigenvalue weighted by Crippen LogP contribution is -2.35. The summed E-state index contributed by atoms with van der Waals surface area (Å²) < 4.78 is 19.4. The number of carbonyl (C=O) groups is 1. The topological polar surface area (TPSA) is 53.9 Å². The molecule has 0 spiro atoms. The summed E-state index contributed by atoms with van der Waals surface area (Å²) in [6.07, 6.45) is 0. The molecule has 0 aromatic heterocycles. The molecule has 9 heteroatoms. The molecule has 3 aromatic rings. The lowest BCUT2D eigenvalue weighted by molar-refractivity contribution is 0.192. The van der Waals surface area contributed by atoms with Gasteiger partial charge < -0.3 is 10.1 Å². The molecule has 5 nitrogen and oxygen atoms in total. The van der Waals surface area contributed by atoms with E-state index in [-0.39, 0.29) is 17.8 Å². The van der Waals surface area contributed by atoms with Crippen LogP contribution in [0.5, 0.6) is 5.75 Å². The van der Waals surface area contributed by atoms with E-state index in [2.05, 4.69) is 5.32 Å². The maximum atomic E-state index is 14.1. The van der Waals surface area contributed by atoms with Crippen molar-refractivity contribution in [2.24, 2.45) is 11.0 Å². The van der Waals surface area contributed by atoms with E-state index in [9.17, 15) is 9.18 Å². The standard InChI is InChI=1S/C24H18Cl2FN3O2S/c1-32-16-6-2-13(3-7-16)23-18-12-33-21-9-4-14(27)10-17(21)22(18)29-30(23)24(31)28-15-5-8-19(25)20(26)11-15/h2-11,18,23H,12H2,1H3,(H,28,31). The Bertz CT molecular complexity index is 1270. The van der Waals surface area contributed by atoms with Crippen LogP contribution in [-0.4, -0.2) is 29.6 Å². The van der Waals surface area contributed by atoms with Gasteiger partial charge in [-0.05, 0) is 54.1 Å². The van der Waals surface area contributed by atoms with Gasteiger partial charge in [-0.2, -0.15) is 5.10 Å². The normalized spacial score (nSPS) is 18.9. The highest BCUT2D eigenvalue weighted by molar-refractivity contribution is 7.99. The first-order valence-corrected chi connectivity index (χ1v) is 11.9. The van der Waals surface area contributed by atoms with E-state index >= 15 is 0 Å². The zero-order chi connectivity index (χ0) is 23.1. The molecule has 0 aliphatic carbocycles. The summed E-state index contributed by atoms with van der Waals surface area (Å²) in [4.78, 5) is 14.3. The second-order valence-corrected chi connectivity index (χ2v) is 9.54. The van der Waals surface area contributed by atoms with Crippen LogP contribution in [0.25, 0.3) is 0 Å². The number of hydrazone groups is 1.